The third-order valence-corrected chi connectivity index (χ3v) is 6.32. The number of hydrogen-bond donors (Lipinski definition) is 3. The number of pyridine rings is 1. The summed E-state index contributed by atoms with van der Waals surface area (Å²) in [6.07, 6.45) is 3.03. The van der Waals surface area contributed by atoms with Gasteiger partial charge in [0.2, 0.25) is 0 Å². The van der Waals surface area contributed by atoms with Crippen molar-refractivity contribution >= 4 is 17.4 Å². The van der Waals surface area contributed by atoms with Crippen LogP contribution in [0.3, 0.4) is 0 Å². The summed E-state index contributed by atoms with van der Waals surface area (Å²) in [5, 5.41) is 10.1. The predicted octanol–water partition coefficient (Wildman–Crippen LogP) is 5.67. The van der Waals surface area contributed by atoms with Gasteiger partial charge in [0.25, 0.3) is 5.91 Å². The third kappa shape index (κ3) is 5.99. The van der Waals surface area contributed by atoms with Gasteiger partial charge in [-0.15, -0.1) is 0 Å². The smallest absolute Gasteiger partial charge is 0.251 e. The van der Waals surface area contributed by atoms with Crippen LogP contribution in [-0.4, -0.2) is 30.5 Å². The van der Waals surface area contributed by atoms with Crippen LogP contribution in [0.5, 0.6) is 0 Å². The molecule has 0 spiro atoms. The molecule has 2 unspecified atom stereocenters. The number of nitrogens with zero attached hydrogens (tertiary/aromatic N) is 1. The number of hydrogen-bond acceptors (Lipinski definition) is 4. The molecule has 1 aromatic heterocycles. The summed E-state index contributed by atoms with van der Waals surface area (Å²) in [4.78, 5) is 17.7. The Balaban J connectivity index is 1.74. The minimum Gasteiger partial charge on any atom is -0.382 e. The molecular formula is C26H38N4O. The van der Waals surface area contributed by atoms with Crippen LogP contribution in [0.1, 0.15) is 75.9 Å². The van der Waals surface area contributed by atoms with E-state index in [0.29, 0.717) is 11.5 Å². The first kappa shape index (κ1) is 23.1. The molecule has 1 aliphatic rings. The van der Waals surface area contributed by atoms with Crippen molar-refractivity contribution in [2.24, 2.45) is 10.8 Å². The van der Waals surface area contributed by atoms with E-state index in [0.717, 1.165) is 43.0 Å². The second-order valence-electron chi connectivity index (χ2n) is 10.6. The normalized spacial score (nSPS) is 20.7. The van der Waals surface area contributed by atoms with Gasteiger partial charge in [0, 0.05) is 36.8 Å². The van der Waals surface area contributed by atoms with Crippen LogP contribution in [0, 0.1) is 10.8 Å². The van der Waals surface area contributed by atoms with E-state index in [1.54, 1.807) is 0 Å². The topological polar surface area (TPSA) is 66.0 Å². The van der Waals surface area contributed by atoms with Crippen LogP contribution in [-0.2, 0) is 0 Å². The quantitative estimate of drug-likeness (QED) is 0.561. The van der Waals surface area contributed by atoms with Gasteiger partial charge in [-0.25, -0.2) is 4.98 Å². The average molecular weight is 423 g/mol. The van der Waals surface area contributed by atoms with Crippen molar-refractivity contribution in [2.45, 2.75) is 65.8 Å². The molecule has 2 atom stereocenters. The summed E-state index contributed by atoms with van der Waals surface area (Å²) in [5.41, 5.74) is 3.10. The second-order valence-corrected chi connectivity index (χ2v) is 10.6. The SMILES string of the molecule is CNc1nc(C2CCC(C)(C)C(NC(=O)c3ccccc3)C2)ccc1NCC(C)(C)C. The number of amides is 1. The maximum Gasteiger partial charge on any atom is 0.251 e. The van der Waals surface area contributed by atoms with Crippen LogP contribution >= 0.6 is 0 Å². The van der Waals surface area contributed by atoms with E-state index in [1.807, 2.05) is 37.4 Å². The largest absolute Gasteiger partial charge is 0.382 e. The van der Waals surface area contributed by atoms with Crippen LogP contribution in [0.15, 0.2) is 42.5 Å². The fraction of sp³-hybridized carbons (Fsp3) is 0.538. The zero-order valence-electron chi connectivity index (χ0n) is 19.9. The lowest BCUT2D eigenvalue weighted by molar-refractivity contribution is 0.0836. The van der Waals surface area contributed by atoms with E-state index >= 15 is 0 Å². The minimum absolute atomic E-state index is 0.00456. The van der Waals surface area contributed by atoms with E-state index < -0.39 is 0 Å². The van der Waals surface area contributed by atoms with Crippen molar-refractivity contribution in [1.82, 2.24) is 10.3 Å². The van der Waals surface area contributed by atoms with Gasteiger partial charge in [0.15, 0.2) is 0 Å². The van der Waals surface area contributed by atoms with Gasteiger partial charge in [0.1, 0.15) is 5.82 Å². The van der Waals surface area contributed by atoms with Gasteiger partial charge in [-0.1, -0.05) is 52.8 Å². The van der Waals surface area contributed by atoms with E-state index in [9.17, 15) is 4.79 Å². The first-order valence-electron chi connectivity index (χ1n) is 11.4. The highest BCUT2D eigenvalue weighted by molar-refractivity contribution is 5.94. The zero-order valence-corrected chi connectivity index (χ0v) is 19.9. The van der Waals surface area contributed by atoms with Crippen molar-refractivity contribution in [3.05, 3.63) is 53.7 Å². The molecule has 1 saturated carbocycles. The molecule has 1 amide bonds. The molecule has 0 saturated heterocycles. The molecule has 3 rings (SSSR count). The molecule has 2 aromatic rings. The first-order valence-corrected chi connectivity index (χ1v) is 11.4. The minimum atomic E-state index is 0.00456. The van der Waals surface area contributed by atoms with E-state index in [4.69, 9.17) is 4.98 Å². The van der Waals surface area contributed by atoms with Crippen molar-refractivity contribution in [3.8, 4) is 0 Å². The first-order chi connectivity index (χ1) is 14.6. The highest BCUT2D eigenvalue weighted by Gasteiger charge is 2.38. The summed E-state index contributed by atoms with van der Waals surface area (Å²) < 4.78 is 0. The van der Waals surface area contributed by atoms with Gasteiger partial charge in [0.05, 0.1) is 5.69 Å². The molecule has 168 valence electrons. The molecule has 5 nitrogen and oxygen atoms in total. The van der Waals surface area contributed by atoms with Crippen molar-refractivity contribution in [2.75, 3.05) is 24.2 Å². The van der Waals surface area contributed by atoms with E-state index in [2.05, 4.69) is 62.7 Å². The molecule has 31 heavy (non-hydrogen) atoms. The monoisotopic (exact) mass is 422 g/mol. The summed E-state index contributed by atoms with van der Waals surface area (Å²) in [7, 11) is 1.92. The number of rotatable bonds is 6. The Kier molecular flexibility index (Phi) is 6.93. The summed E-state index contributed by atoms with van der Waals surface area (Å²) in [5.74, 6) is 1.22. The summed E-state index contributed by atoms with van der Waals surface area (Å²) >= 11 is 0. The third-order valence-electron chi connectivity index (χ3n) is 6.32. The van der Waals surface area contributed by atoms with Crippen molar-refractivity contribution in [1.29, 1.82) is 0 Å². The molecular weight excluding hydrogens is 384 g/mol. The van der Waals surface area contributed by atoms with Gasteiger partial charge in [-0.05, 0) is 54.4 Å². The number of anilines is 2. The Bertz CT molecular complexity index is 886. The Morgan fingerprint density at radius 1 is 1.13 bits per heavy atom. The average Bonchev–Trinajstić information content (AvgIpc) is 2.73. The Morgan fingerprint density at radius 3 is 2.48 bits per heavy atom. The molecule has 1 aliphatic carbocycles. The number of benzene rings is 1. The lowest BCUT2D eigenvalue weighted by Gasteiger charge is -2.42. The molecule has 0 aliphatic heterocycles. The standard InChI is InChI=1S/C26H38N4O/c1-25(2,3)17-28-21-13-12-20(29-23(21)27-6)19-14-15-26(4,5)22(16-19)30-24(31)18-10-8-7-9-11-18/h7-13,19,22,28H,14-17H2,1-6H3,(H,27,29)(H,30,31). The zero-order chi connectivity index (χ0) is 22.6. The highest BCUT2D eigenvalue weighted by Crippen LogP contribution is 2.43. The predicted molar refractivity (Wildman–Crippen MR) is 130 cm³/mol. The van der Waals surface area contributed by atoms with E-state index in [1.165, 1.54) is 0 Å². The number of carbonyl (C=O) groups is 1. The summed E-state index contributed by atoms with van der Waals surface area (Å²) in [6.45, 7) is 12.0. The maximum atomic E-state index is 12.8. The molecule has 0 radical (unpaired) electrons. The molecule has 1 aromatic carbocycles. The highest BCUT2D eigenvalue weighted by atomic mass is 16.1. The lowest BCUT2D eigenvalue weighted by atomic mass is 9.68. The summed E-state index contributed by atoms with van der Waals surface area (Å²) in [6, 6.07) is 13.9. The Hall–Kier alpha value is -2.56. The van der Waals surface area contributed by atoms with Crippen LogP contribution in [0.4, 0.5) is 11.5 Å². The van der Waals surface area contributed by atoms with Gasteiger partial charge >= 0.3 is 0 Å². The van der Waals surface area contributed by atoms with Crippen molar-refractivity contribution < 1.29 is 4.79 Å². The maximum absolute atomic E-state index is 12.8. The fourth-order valence-corrected chi connectivity index (χ4v) is 4.19. The molecule has 5 heteroatoms. The number of carbonyl (C=O) groups excluding carboxylic acids is 1. The second kappa shape index (κ2) is 9.29. The molecule has 3 N–H and O–H groups in total. The van der Waals surface area contributed by atoms with Gasteiger partial charge < -0.3 is 16.0 Å². The van der Waals surface area contributed by atoms with E-state index in [-0.39, 0.29) is 22.8 Å². The molecule has 1 heterocycles. The Labute approximate surface area is 187 Å². The van der Waals surface area contributed by atoms with Gasteiger partial charge in [-0.3, -0.25) is 4.79 Å². The lowest BCUT2D eigenvalue weighted by Crippen LogP contribution is -2.48. The van der Waals surface area contributed by atoms with Crippen LogP contribution in [0.25, 0.3) is 0 Å². The van der Waals surface area contributed by atoms with Crippen molar-refractivity contribution in [3.63, 3.8) is 0 Å². The Morgan fingerprint density at radius 2 is 1.84 bits per heavy atom. The molecule has 0 bridgehead atoms. The molecule has 1 fully saturated rings. The van der Waals surface area contributed by atoms with Gasteiger partial charge in [-0.2, -0.15) is 0 Å². The number of aromatic nitrogens is 1. The fourth-order valence-electron chi connectivity index (χ4n) is 4.19. The van der Waals surface area contributed by atoms with Crippen LogP contribution in [0.2, 0.25) is 0 Å². The number of nitrogens with one attached hydrogen (secondary N) is 3. The van der Waals surface area contributed by atoms with Crippen LogP contribution < -0.4 is 16.0 Å².